The summed E-state index contributed by atoms with van der Waals surface area (Å²) < 4.78 is 5.05. The molecule has 1 rings (SSSR count). The molecule has 74 valence electrons. The standard InChI is InChI=1S/C7H12N2O4/c8-7(12)9-1-2-13-4-5(9)3-6(10)11/h5H,1-4H2,(H2,8,12)(H,10,11). The van der Waals surface area contributed by atoms with E-state index in [0.29, 0.717) is 13.2 Å². The molecule has 6 nitrogen and oxygen atoms in total. The van der Waals surface area contributed by atoms with Gasteiger partial charge in [-0.05, 0) is 0 Å². The smallest absolute Gasteiger partial charge is 0.315 e. The molecule has 13 heavy (non-hydrogen) atoms. The zero-order valence-electron chi connectivity index (χ0n) is 7.10. The van der Waals surface area contributed by atoms with Gasteiger partial charge in [-0.15, -0.1) is 0 Å². The van der Waals surface area contributed by atoms with Gasteiger partial charge in [0.25, 0.3) is 0 Å². The topological polar surface area (TPSA) is 92.9 Å². The Labute approximate surface area is 75.3 Å². The lowest BCUT2D eigenvalue weighted by Gasteiger charge is -2.33. The first-order chi connectivity index (χ1) is 6.11. The second-order valence-corrected chi connectivity index (χ2v) is 2.86. The Morgan fingerprint density at radius 2 is 2.31 bits per heavy atom. The molecule has 0 aliphatic carbocycles. The van der Waals surface area contributed by atoms with E-state index >= 15 is 0 Å². The van der Waals surface area contributed by atoms with Crippen LogP contribution in [0.15, 0.2) is 0 Å². The van der Waals surface area contributed by atoms with Crippen molar-refractivity contribution in [2.75, 3.05) is 19.8 Å². The van der Waals surface area contributed by atoms with E-state index in [4.69, 9.17) is 15.6 Å². The minimum Gasteiger partial charge on any atom is -0.481 e. The van der Waals surface area contributed by atoms with Crippen LogP contribution in [0.4, 0.5) is 4.79 Å². The third-order valence-corrected chi connectivity index (χ3v) is 1.92. The van der Waals surface area contributed by atoms with Crippen LogP contribution in [-0.4, -0.2) is 47.8 Å². The van der Waals surface area contributed by atoms with Gasteiger partial charge in [0.2, 0.25) is 0 Å². The Balaban J connectivity index is 2.56. The van der Waals surface area contributed by atoms with Crippen molar-refractivity contribution in [3.05, 3.63) is 0 Å². The molecular weight excluding hydrogens is 176 g/mol. The first-order valence-electron chi connectivity index (χ1n) is 3.97. The molecule has 1 heterocycles. The molecular formula is C7H12N2O4. The molecule has 6 heteroatoms. The number of carboxylic acids is 1. The van der Waals surface area contributed by atoms with Crippen molar-refractivity contribution in [1.82, 2.24) is 4.90 Å². The lowest BCUT2D eigenvalue weighted by Crippen LogP contribution is -2.51. The van der Waals surface area contributed by atoms with E-state index in [2.05, 4.69) is 0 Å². The summed E-state index contributed by atoms with van der Waals surface area (Å²) in [5, 5.41) is 8.53. The van der Waals surface area contributed by atoms with Crippen molar-refractivity contribution in [1.29, 1.82) is 0 Å². The average molecular weight is 188 g/mol. The number of urea groups is 1. The Kier molecular flexibility index (Phi) is 3.07. The van der Waals surface area contributed by atoms with Gasteiger partial charge >= 0.3 is 12.0 Å². The number of rotatable bonds is 2. The minimum absolute atomic E-state index is 0.122. The summed E-state index contributed by atoms with van der Waals surface area (Å²) in [4.78, 5) is 22.6. The second kappa shape index (κ2) is 4.08. The highest BCUT2D eigenvalue weighted by Gasteiger charge is 2.27. The zero-order chi connectivity index (χ0) is 9.84. The van der Waals surface area contributed by atoms with E-state index < -0.39 is 18.0 Å². The number of carbonyl (C=O) groups excluding carboxylic acids is 1. The summed E-state index contributed by atoms with van der Waals surface area (Å²) >= 11 is 0. The number of hydrogen-bond donors (Lipinski definition) is 2. The van der Waals surface area contributed by atoms with Gasteiger partial charge in [-0.1, -0.05) is 0 Å². The summed E-state index contributed by atoms with van der Waals surface area (Å²) in [6.45, 7) is 1.03. The summed E-state index contributed by atoms with van der Waals surface area (Å²) in [5.74, 6) is -0.957. The van der Waals surface area contributed by atoms with Gasteiger partial charge in [-0.2, -0.15) is 0 Å². The predicted molar refractivity (Wildman–Crippen MR) is 43.1 cm³/mol. The number of nitrogens with two attached hydrogens (primary N) is 1. The zero-order valence-corrected chi connectivity index (χ0v) is 7.10. The number of ether oxygens (including phenoxy) is 1. The predicted octanol–water partition coefficient (Wildman–Crippen LogP) is -0.759. The maximum absolute atomic E-state index is 10.8. The van der Waals surface area contributed by atoms with E-state index in [1.165, 1.54) is 4.90 Å². The molecule has 1 atom stereocenters. The average Bonchev–Trinajstić information content (AvgIpc) is 2.03. The minimum atomic E-state index is -0.957. The van der Waals surface area contributed by atoms with E-state index in [1.807, 2.05) is 0 Å². The summed E-state index contributed by atoms with van der Waals surface area (Å²) in [6, 6.07) is -1.02. The number of amides is 2. The van der Waals surface area contributed by atoms with Crippen LogP contribution in [0.25, 0.3) is 0 Å². The van der Waals surface area contributed by atoms with Gasteiger partial charge < -0.3 is 20.5 Å². The fourth-order valence-electron chi connectivity index (χ4n) is 1.32. The Bertz CT molecular complexity index is 219. The monoisotopic (exact) mass is 188 g/mol. The summed E-state index contributed by atoms with van der Waals surface area (Å²) in [7, 11) is 0. The van der Waals surface area contributed by atoms with Crippen LogP contribution in [0, 0.1) is 0 Å². The summed E-state index contributed by atoms with van der Waals surface area (Å²) in [6.07, 6.45) is -0.122. The SMILES string of the molecule is NC(=O)N1CCOCC1CC(=O)O. The van der Waals surface area contributed by atoms with Crippen molar-refractivity contribution < 1.29 is 19.4 Å². The normalized spacial score (nSPS) is 22.8. The van der Waals surface area contributed by atoms with Gasteiger partial charge in [0.05, 0.1) is 25.7 Å². The number of primary amides is 1. The molecule has 2 amide bonds. The largest absolute Gasteiger partial charge is 0.481 e. The van der Waals surface area contributed by atoms with Gasteiger partial charge in [0.15, 0.2) is 0 Å². The van der Waals surface area contributed by atoms with Crippen LogP contribution in [0.1, 0.15) is 6.42 Å². The number of hydrogen-bond acceptors (Lipinski definition) is 3. The molecule has 1 fully saturated rings. The Hall–Kier alpha value is -1.30. The van der Waals surface area contributed by atoms with Gasteiger partial charge in [0.1, 0.15) is 0 Å². The third-order valence-electron chi connectivity index (χ3n) is 1.92. The van der Waals surface area contributed by atoms with Crippen LogP contribution >= 0.6 is 0 Å². The molecule has 1 unspecified atom stereocenters. The lowest BCUT2D eigenvalue weighted by molar-refractivity contribution is -0.139. The van der Waals surface area contributed by atoms with Crippen LogP contribution in [0.3, 0.4) is 0 Å². The molecule has 3 N–H and O–H groups in total. The number of nitrogens with zero attached hydrogens (tertiary/aromatic N) is 1. The van der Waals surface area contributed by atoms with Crippen LogP contribution in [0.5, 0.6) is 0 Å². The van der Waals surface area contributed by atoms with Crippen LogP contribution < -0.4 is 5.73 Å². The van der Waals surface area contributed by atoms with Gasteiger partial charge in [0, 0.05) is 6.54 Å². The highest BCUT2D eigenvalue weighted by molar-refractivity contribution is 5.74. The Morgan fingerprint density at radius 3 is 2.85 bits per heavy atom. The highest BCUT2D eigenvalue weighted by Crippen LogP contribution is 2.09. The molecule has 0 saturated carbocycles. The van der Waals surface area contributed by atoms with Crippen LogP contribution in [-0.2, 0) is 9.53 Å². The molecule has 0 radical (unpaired) electrons. The fraction of sp³-hybridized carbons (Fsp3) is 0.714. The van der Waals surface area contributed by atoms with Crippen molar-refractivity contribution in [3.8, 4) is 0 Å². The molecule has 0 aromatic heterocycles. The van der Waals surface area contributed by atoms with E-state index in [0.717, 1.165) is 0 Å². The van der Waals surface area contributed by atoms with E-state index in [1.54, 1.807) is 0 Å². The number of morpholine rings is 1. The first kappa shape index (κ1) is 9.79. The van der Waals surface area contributed by atoms with E-state index in [9.17, 15) is 9.59 Å². The first-order valence-corrected chi connectivity index (χ1v) is 3.97. The molecule has 0 aromatic carbocycles. The maximum Gasteiger partial charge on any atom is 0.315 e. The number of carbonyl (C=O) groups is 2. The third kappa shape index (κ3) is 2.59. The highest BCUT2D eigenvalue weighted by atomic mass is 16.5. The number of carboxylic acid groups (broad SMARTS) is 1. The van der Waals surface area contributed by atoms with Gasteiger partial charge in [-0.25, -0.2) is 4.79 Å². The van der Waals surface area contributed by atoms with Gasteiger partial charge in [-0.3, -0.25) is 4.79 Å². The molecule has 0 spiro atoms. The van der Waals surface area contributed by atoms with Crippen molar-refractivity contribution >= 4 is 12.0 Å². The lowest BCUT2D eigenvalue weighted by atomic mass is 10.1. The molecule has 1 aliphatic heterocycles. The van der Waals surface area contributed by atoms with Crippen molar-refractivity contribution in [2.24, 2.45) is 5.73 Å². The number of aliphatic carboxylic acids is 1. The van der Waals surface area contributed by atoms with Crippen molar-refractivity contribution in [2.45, 2.75) is 12.5 Å². The second-order valence-electron chi connectivity index (χ2n) is 2.86. The van der Waals surface area contributed by atoms with Crippen molar-refractivity contribution in [3.63, 3.8) is 0 Å². The molecule has 0 aromatic rings. The Morgan fingerprint density at radius 1 is 1.62 bits per heavy atom. The quantitative estimate of drug-likeness (QED) is 0.595. The molecule has 0 bridgehead atoms. The molecule has 1 saturated heterocycles. The maximum atomic E-state index is 10.8. The summed E-state index contributed by atoms with van der Waals surface area (Å²) in [5.41, 5.74) is 5.07. The fourth-order valence-corrected chi connectivity index (χ4v) is 1.32. The molecule has 1 aliphatic rings. The van der Waals surface area contributed by atoms with Crippen LogP contribution in [0.2, 0.25) is 0 Å². The van der Waals surface area contributed by atoms with E-state index in [-0.39, 0.29) is 13.0 Å².